The lowest BCUT2D eigenvalue weighted by Crippen LogP contribution is -2.39. The summed E-state index contributed by atoms with van der Waals surface area (Å²) in [6.45, 7) is 5.06. The second-order valence-corrected chi connectivity index (χ2v) is 8.01. The fourth-order valence-corrected chi connectivity index (χ4v) is 3.64. The molecule has 1 saturated heterocycles. The van der Waals surface area contributed by atoms with Crippen molar-refractivity contribution in [2.75, 3.05) is 38.0 Å². The van der Waals surface area contributed by atoms with E-state index in [4.69, 9.17) is 38.0 Å². The Morgan fingerprint density at radius 1 is 1.16 bits per heavy atom. The molecule has 11 heteroatoms. The molecular formula is C21H27ClN6O3S. The number of nitrogens with one attached hydrogen (secondary N) is 3. The third-order valence-electron chi connectivity index (χ3n) is 4.64. The van der Waals surface area contributed by atoms with Crippen LogP contribution in [0.25, 0.3) is 0 Å². The van der Waals surface area contributed by atoms with Crippen molar-refractivity contribution in [1.29, 1.82) is 0 Å². The zero-order chi connectivity index (χ0) is 23.1. The zero-order valence-corrected chi connectivity index (χ0v) is 20.1. The number of aromatic nitrogens is 2. The van der Waals surface area contributed by atoms with E-state index in [1.54, 1.807) is 19.2 Å². The van der Waals surface area contributed by atoms with E-state index < -0.39 is 0 Å². The number of methoxy groups -OCH3 is 2. The second kappa shape index (κ2) is 11.3. The van der Waals surface area contributed by atoms with Gasteiger partial charge in [0.05, 0.1) is 37.6 Å². The van der Waals surface area contributed by atoms with Crippen molar-refractivity contribution >= 4 is 46.5 Å². The van der Waals surface area contributed by atoms with Gasteiger partial charge in [0.2, 0.25) is 11.9 Å². The highest BCUT2D eigenvalue weighted by molar-refractivity contribution is 7.80. The molecule has 1 aromatic heterocycles. The number of aliphatic imine (C=N–C) groups is 1. The first-order valence-corrected chi connectivity index (χ1v) is 10.9. The first kappa shape index (κ1) is 24.0. The summed E-state index contributed by atoms with van der Waals surface area (Å²) in [6, 6.07) is 5.26. The highest BCUT2D eigenvalue weighted by Crippen LogP contribution is 2.35. The van der Waals surface area contributed by atoms with E-state index in [0.29, 0.717) is 40.7 Å². The molecule has 1 fully saturated rings. The predicted octanol–water partition coefficient (Wildman–Crippen LogP) is 3.70. The van der Waals surface area contributed by atoms with E-state index in [-0.39, 0.29) is 11.2 Å². The standard InChI is InChI=1S/C21H27ClN6O3S/c1-12-8-13(2)25-20(24-12)27-19(23-11-14-6-5-7-31-14)28-21(32)26-16-10-17(29-3)15(22)9-18(16)30-4/h8-10,14H,5-7,11H2,1-4H3,(H3,23,24,25,26,27,28,32). The Bertz CT molecular complexity index is 977. The molecule has 1 unspecified atom stereocenters. The van der Waals surface area contributed by atoms with E-state index in [1.165, 1.54) is 7.11 Å². The van der Waals surface area contributed by atoms with Gasteiger partial charge in [0.15, 0.2) is 5.11 Å². The number of guanidine groups is 1. The van der Waals surface area contributed by atoms with Crippen LogP contribution in [-0.4, -0.2) is 54.5 Å². The van der Waals surface area contributed by atoms with E-state index in [9.17, 15) is 0 Å². The molecule has 0 aliphatic carbocycles. The largest absolute Gasteiger partial charge is 0.495 e. The van der Waals surface area contributed by atoms with E-state index in [2.05, 4.69) is 30.9 Å². The Labute approximate surface area is 197 Å². The Morgan fingerprint density at radius 3 is 2.50 bits per heavy atom. The Balaban J connectivity index is 1.77. The van der Waals surface area contributed by atoms with Crippen LogP contribution in [0.2, 0.25) is 5.02 Å². The first-order valence-electron chi connectivity index (χ1n) is 10.1. The fourth-order valence-electron chi connectivity index (χ4n) is 3.20. The van der Waals surface area contributed by atoms with Gasteiger partial charge in [-0.2, -0.15) is 0 Å². The number of hydrogen-bond donors (Lipinski definition) is 3. The average molecular weight is 479 g/mol. The molecule has 1 aliphatic rings. The highest BCUT2D eigenvalue weighted by Gasteiger charge is 2.16. The third kappa shape index (κ3) is 6.65. The number of ether oxygens (including phenoxy) is 3. The first-order chi connectivity index (χ1) is 15.4. The Kier molecular flexibility index (Phi) is 8.43. The normalized spacial score (nSPS) is 15.9. The summed E-state index contributed by atoms with van der Waals surface area (Å²) < 4.78 is 16.4. The molecule has 0 bridgehead atoms. The number of hydrogen-bond acceptors (Lipinski definition) is 7. The van der Waals surface area contributed by atoms with Gasteiger partial charge in [-0.1, -0.05) is 11.6 Å². The van der Waals surface area contributed by atoms with Crippen molar-refractivity contribution < 1.29 is 14.2 Å². The monoisotopic (exact) mass is 478 g/mol. The molecule has 0 radical (unpaired) electrons. The van der Waals surface area contributed by atoms with Crippen LogP contribution < -0.4 is 25.4 Å². The molecule has 1 aromatic carbocycles. The smallest absolute Gasteiger partial charge is 0.229 e. The molecular weight excluding hydrogens is 452 g/mol. The van der Waals surface area contributed by atoms with Gasteiger partial charge < -0.3 is 24.8 Å². The molecule has 1 aliphatic heterocycles. The van der Waals surface area contributed by atoms with Crippen LogP contribution in [0.15, 0.2) is 23.2 Å². The van der Waals surface area contributed by atoms with Crippen LogP contribution in [0.3, 0.4) is 0 Å². The molecule has 2 aromatic rings. The zero-order valence-electron chi connectivity index (χ0n) is 18.5. The Hall–Kier alpha value is -2.69. The summed E-state index contributed by atoms with van der Waals surface area (Å²) in [6.07, 6.45) is 2.09. The minimum Gasteiger partial charge on any atom is -0.495 e. The summed E-state index contributed by atoms with van der Waals surface area (Å²) in [7, 11) is 3.09. The van der Waals surface area contributed by atoms with Crippen molar-refractivity contribution in [2.45, 2.75) is 32.8 Å². The van der Waals surface area contributed by atoms with Crippen LogP contribution in [0.5, 0.6) is 11.5 Å². The minimum absolute atomic E-state index is 0.0796. The van der Waals surface area contributed by atoms with Gasteiger partial charge in [0.25, 0.3) is 0 Å². The summed E-state index contributed by atoms with van der Waals surface area (Å²) in [5.41, 5.74) is 2.28. The van der Waals surface area contributed by atoms with Crippen LogP contribution in [-0.2, 0) is 4.74 Å². The van der Waals surface area contributed by atoms with Crippen LogP contribution in [0.4, 0.5) is 11.6 Å². The Morgan fingerprint density at radius 2 is 1.88 bits per heavy atom. The average Bonchev–Trinajstić information content (AvgIpc) is 3.26. The van der Waals surface area contributed by atoms with Crippen LogP contribution >= 0.6 is 23.8 Å². The van der Waals surface area contributed by atoms with Gasteiger partial charge >= 0.3 is 0 Å². The van der Waals surface area contributed by atoms with Crippen molar-refractivity contribution in [1.82, 2.24) is 15.3 Å². The number of thiocarbonyl (C=S) groups is 1. The van der Waals surface area contributed by atoms with Crippen LogP contribution in [0.1, 0.15) is 24.2 Å². The van der Waals surface area contributed by atoms with E-state index in [1.807, 2.05) is 19.9 Å². The molecule has 0 spiro atoms. The molecule has 3 N–H and O–H groups in total. The number of nitrogens with zero attached hydrogens (tertiary/aromatic N) is 3. The van der Waals surface area contributed by atoms with Crippen molar-refractivity contribution in [3.63, 3.8) is 0 Å². The van der Waals surface area contributed by atoms with Crippen molar-refractivity contribution in [3.8, 4) is 11.5 Å². The number of aryl methyl sites for hydroxylation is 2. The third-order valence-corrected chi connectivity index (χ3v) is 5.14. The van der Waals surface area contributed by atoms with Gasteiger partial charge in [0, 0.05) is 30.1 Å². The molecule has 1 atom stereocenters. The van der Waals surface area contributed by atoms with Gasteiger partial charge in [-0.3, -0.25) is 5.32 Å². The maximum absolute atomic E-state index is 6.18. The molecule has 0 saturated carbocycles. The van der Waals surface area contributed by atoms with Gasteiger partial charge in [-0.15, -0.1) is 0 Å². The molecule has 172 valence electrons. The summed E-state index contributed by atoms with van der Waals surface area (Å²) in [5, 5.41) is 10.0. The fraction of sp³-hybridized carbons (Fsp3) is 0.429. The van der Waals surface area contributed by atoms with E-state index >= 15 is 0 Å². The van der Waals surface area contributed by atoms with Crippen molar-refractivity contribution in [3.05, 3.63) is 34.6 Å². The number of halogens is 1. The van der Waals surface area contributed by atoms with Gasteiger partial charge in [0.1, 0.15) is 11.5 Å². The van der Waals surface area contributed by atoms with Gasteiger partial charge in [-0.25, -0.2) is 15.0 Å². The van der Waals surface area contributed by atoms with Crippen LogP contribution in [0, 0.1) is 13.8 Å². The van der Waals surface area contributed by atoms with Gasteiger partial charge in [-0.05, 0) is 45.0 Å². The maximum Gasteiger partial charge on any atom is 0.229 e. The predicted molar refractivity (Wildman–Crippen MR) is 130 cm³/mol. The summed E-state index contributed by atoms with van der Waals surface area (Å²) in [4.78, 5) is 13.4. The SMILES string of the molecule is COc1cc(NC(=S)NC(=NCC2CCCO2)Nc2nc(C)cc(C)n2)c(OC)cc1Cl. The lowest BCUT2D eigenvalue weighted by atomic mass is 10.2. The number of benzene rings is 1. The number of rotatable bonds is 6. The summed E-state index contributed by atoms with van der Waals surface area (Å²) in [5.74, 6) is 1.84. The second-order valence-electron chi connectivity index (χ2n) is 7.19. The lowest BCUT2D eigenvalue weighted by molar-refractivity contribution is 0.118. The molecule has 3 rings (SSSR count). The molecule has 9 nitrogen and oxygen atoms in total. The quantitative estimate of drug-likeness (QED) is 0.326. The number of anilines is 2. The lowest BCUT2D eigenvalue weighted by Gasteiger charge is -2.17. The van der Waals surface area contributed by atoms with Crippen molar-refractivity contribution in [2.24, 2.45) is 4.99 Å². The molecule has 2 heterocycles. The highest BCUT2D eigenvalue weighted by atomic mass is 35.5. The summed E-state index contributed by atoms with van der Waals surface area (Å²) >= 11 is 11.7. The minimum atomic E-state index is 0.0796. The van der Waals surface area contributed by atoms with E-state index in [0.717, 1.165) is 30.8 Å². The topological polar surface area (TPSA) is 102 Å². The maximum atomic E-state index is 6.18. The molecule has 32 heavy (non-hydrogen) atoms. The molecule has 0 amide bonds.